The Morgan fingerprint density at radius 2 is 2.30 bits per heavy atom. The van der Waals surface area contributed by atoms with Crippen LogP contribution in [0.15, 0.2) is 5.38 Å². The fraction of sp³-hybridized carbons (Fsp3) is 0.643. The Labute approximate surface area is 123 Å². The summed E-state index contributed by atoms with van der Waals surface area (Å²) in [7, 11) is 0. The number of amides is 2. The predicted octanol–water partition coefficient (Wildman–Crippen LogP) is 1.51. The molecule has 5 nitrogen and oxygen atoms in total. The molecular formula is C14H21N3O2S. The molecule has 0 radical (unpaired) electrons. The number of nitrogens with zero attached hydrogens (tertiary/aromatic N) is 2. The second-order valence-electron chi connectivity index (χ2n) is 5.08. The zero-order valence-electron chi connectivity index (χ0n) is 11.9. The lowest BCUT2D eigenvalue weighted by atomic mass is 10.2. The molecule has 0 saturated carbocycles. The van der Waals surface area contributed by atoms with E-state index >= 15 is 0 Å². The quantitative estimate of drug-likeness (QED) is 0.895. The monoisotopic (exact) mass is 295 g/mol. The minimum absolute atomic E-state index is 0.0767. The summed E-state index contributed by atoms with van der Waals surface area (Å²) >= 11 is 1.62. The van der Waals surface area contributed by atoms with E-state index in [1.807, 2.05) is 12.3 Å². The van der Waals surface area contributed by atoms with Gasteiger partial charge in [0.15, 0.2) is 0 Å². The van der Waals surface area contributed by atoms with Gasteiger partial charge in [-0.2, -0.15) is 0 Å². The van der Waals surface area contributed by atoms with E-state index in [0.29, 0.717) is 19.5 Å². The Bertz CT molecular complexity index is 473. The van der Waals surface area contributed by atoms with Crippen LogP contribution < -0.4 is 5.32 Å². The van der Waals surface area contributed by atoms with Crippen molar-refractivity contribution in [2.75, 3.05) is 19.6 Å². The van der Waals surface area contributed by atoms with Crippen molar-refractivity contribution < 1.29 is 9.59 Å². The van der Waals surface area contributed by atoms with Crippen LogP contribution in [0.5, 0.6) is 0 Å². The van der Waals surface area contributed by atoms with Crippen molar-refractivity contribution in [3.63, 3.8) is 0 Å². The van der Waals surface area contributed by atoms with Gasteiger partial charge in [-0.15, -0.1) is 11.3 Å². The molecule has 1 saturated heterocycles. The van der Waals surface area contributed by atoms with Crippen LogP contribution >= 0.6 is 11.3 Å². The number of hydrogen-bond acceptors (Lipinski definition) is 4. The third-order valence-electron chi connectivity index (χ3n) is 3.38. The molecule has 1 aliphatic rings. The van der Waals surface area contributed by atoms with E-state index in [2.05, 4.69) is 10.3 Å². The van der Waals surface area contributed by atoms with Crippen molar-refractivity contribution in [3.05, 3.63) is 16.1 Å². The highest BCUT2D eigenvalue weighted by molar-refractivity contribution is 7.09. The fourth-order valence-corrected chi connectivity index (χ4v) is 2.94. The Morgan fingerprint density at radius 1 is 1.45 bits per heavy atom. The van der Waals surface area contributed by atoms with Gasteiger partial charge >= 0.3 is 0 Å². The Kier molecular flexibility index (Phi) is 5.52. The third kappa shape index (κ3) is 4.59. The molecule has 20 heavy (non-hydrogen) atoms. The van der Waals surface area contributed by atoms with Crippen molar-refractivity contribution in [2.45, 2.75) is 39.0 Å². The SMILES string of the molecule is Cc1nc(CCNC(=O)CN2CCCCCC2=O)cs1. The van der Waals surface area contributed by atoms with Crippen molar-refractivity contribution in [1.82, 2.24) is 15.2 Å². The van der Waals surface area contributed by atoms with E-state index in [0.717, 1.165) is 36.4 Å². The molecule has 1 N–H and O–H groups in total. The topological polar surface area (TPSA) is 62.3 Å². The number of nitrogens with one attached hydrogen (secondary N) is 1. The van der Waals surface area contributed by atoms with Crippen molar-refractivity contribution >= 4 is 23.2 Å². The summed E-state index contributed by atoms with van der Waals surface area (Å²) < 4.78 is 0. The standard InChI is InChI=1S/C14H21N3O2S/c1-11-16-12(10-20-11)6-7-15-13(18)9-17-8-4-2-3-5-14(17)19/h10H,2-9H2,1H3,(H,15,18). The van der Waals surface area contributed by atoms with Crippen molar-refractivity contribution in [3.8, 4) is 0 Å². The van der Waals surface area contributed by atoms with Crippen LogP contribution in [-0.4, -0.2) is 41.3 Å². The maximum atomic E-state index is 11.8. The van der Waals surface area contributed by atoms with Gasteiger partial charge in [0.2, 0.25) is 11.8 Å². The largest absolute Gasteiger partial charge is 0.354 e. The van der Waals surface area contributed by atoms with E-state index in [-0.39, 0.29) is 18.4 Å². The van der Waals surface area contributed by atoms with Gasteiger partial charge in [-0.1, -0.05) is 6.42 Å². The van der Waals surface area contributed by atoms with Gasteiger partial charge in [-0.3, -0.25) is 9.59 Å². The first-order valence-electron chi connectivity index (χ1n) is 7.10. The summed E-state index contributed by atoms with van der Waals surface area (Å²) in [6.45, 7) is 3.44. The first-order valence-corrected chi connectivity index (χ1v) is 7.98. The van der Waals surface area contributed by atoms with Crippen LogP contribution in [0.4, 0.5) is 0 Å². The minimum atomic E-state index is -0.0767. The number of rotatable bonds is 5. The summed E-state index contributed by atoms with van der Waals surface area (Å²) in [5.74, 6) is 0.0278. The number of aromatic nitrogens is 1. The summed E-state index contributed by atoms with van der Waals surface area (Å²) in [5, 5.41) is 5.92. The number of carbonyl (C=O) groups excluding carboxylic acids is 2. The van der Waals surface area contributed by atoms with Crippen LogP contribution in [0.25, 0.3) is 0 Å². The maximum Gasteiger partial charge on any atom is 0.239 e. The molecule has 0 spiro atoms. The summed E-state index contributed by atoms with van der Waals surface area (Å²) in [6, 6.07) is 0. The summed E-state index contributed by atoms with van der Waals surface area (Å²) in [4.78, 5) is 29.7. The van der Waals surface area contributed by atoms with E-state index in [9.17, 15) is 9.59 Å². The van der Waals surface area contributed by atoms with Crippen LogP contribution in [0.2, 0.25) is 0 Å². The van der Waals surface area contributed by atoms with E-state index in [1.165, 1.54) is 0 Å². The first kappa shape index (κ1) is 15.0. The molecule has 0 unspecified atom stereocenters. The van der Waals surface area contributed by atoms with Gasteiger partial charge in [0.05, 0.1) is 17.2 Å². The second-order valence-corrected chi connectivity index (χ2v) is 6.15. The molecule has 1 fully saturated rings. The third-order valence-corrected chi connectivity index (χ3v) is 4.20. The Morgan fingerprint density at radius 3 is 3.05 bits per heavy atom. The van der Waals surface area contributed by atoms with Gasteiger partial charge < -0.3 is 10.2 Å². The van der Waals surface area contributed by atoms with Crippen LogP contribution in [-0.2, 0) is 16.0 Å². The summed E-state index contributed by atoms with van der Waals surface area (Å²) in [5.41, 5.74) is 1.01. The van der Waals surface area contributed by atoms with Gasteiger partial charge in [0.1, 0.15) is 0 Å². The lowest BCUT2D eigenvalue weighted by Crippen LogP contribution is -2.41. The van der Waals surface area contributed by atoms with E-state index in [4.69, 9.17) is 0 Å². The molecule has 1 aliphatic heterocycles. The lowest BCUT2D eigenvalue weighted by Gasteiger charge is -2.19. The zero-order valence-corrected chi connectivity index (χ0v) is 12.7. The number of carbonyl (C=O) groups is 2. The van der Waals surface area contributed by atoms with Gasteiger partial charge in [0, 0.05) is 31.3 Å². The molecule has 1 aromatic rings. The molecule has 0 bridgehead atoms. The number of aryl methyl sites for hydroxylation is 1. The van der Waals surface area contributed by atoms with Crippen molar-refractivity contribution in [2.24, 2.45) is 0 Å². The lowest BCUT2D eigenvalue weighted by molar-refractivity contribution is -0.135. The molecule has 0 aliphatic carbocycles. The molecule has 1 aromatic heterocycles. The average Bonchev–Trinajstić information content (AvgIpc) is 2.71. The molecule has 2 amide bonds. The highest BCUT2D eigenvalue weighted by atomic mass is 32.1. The molecule has 110 valence electrons. The Hall–Kier alpha value is -1.43. The number of thiazole rings is 1. The first-order chi connectivity index (χ1) is 9.65. The normalized spacial score (nSPS) is 16.1. The molecule has 2 heterocycles. The van der Waals surface area contributed by atoms with Crippen molar-refractivity contribution in [1.29, 1.82) is 0 Å². The smallest absolute Gasteiger partial charge is 0.239 e. The minimum Gasteiger partial charge on any atom is -0.354 e. The maximum absolute atomic E-state index is 11.8. The average molecular weight is 295 g/mol. The van der Waals surface area contributed by atoms with Gasteiger partial charge in [-0.05, 0) is 19.8 Å². The molecular weight excluding hydrogens is 274 g/mol. The van der Waals surface area contributed by atoms with Crippen LogP contribution in [0.3, 0.4) is 0 Å². The van der Waals surface area contributed by atoms with Gasteiger partial charge in [0.25, 0.3) is 0 Å². The highest BCUT2D eigenvalue weighted by Crippen LogP contribution is 2.10. The highest BCUT2D eigenvalue weighted by Gasteiger charge is 2.18. The molecule has 0 aromatic carbocycles. The van der Waals surface area contributed by atoms with Crippen LogP contribution in [0, 0.1) is 6.92 Å². The van der Waals surface area contributed by atoms with Gasteiger partial charge in [-0.25, -0.2) is 4.98 Å². The molecule has 0 atom stereocenters. The molecule has 2 rings (SSSR count). The predicted molar refractivity (Wildman–Crippen MR) is 78.6 cm³/mol. The number of hydrogen-bond donors (Lipinski definition) is 1. The van der Waals surface area contributed by atoms with E-state index in [1.54, 1.807) is 16.2 Å². The van der Waals surface area contributed by atoms with Crippen LogP contribution in [0.1, 0.15) is 36.4 Å². The second kappa shape index (κ2) is 7.38. The summed E-state index contributed by atoms with van der Waals surface area (Å²) in [6.07, 6.45) is 4.33. The Balaban J connectivity index is 1.70. The number of likely N-dealkylation sites (tertiary alicyclic amines) is 1. The fourth-order valence-electron chi connectivity index (χ4n) is 2.29. The molecule has 6 heteroatoms. The zero-order chi connectivity index (χ0) is 14.4. The van der Waals surface area contributed by atoms with E-state index < -0.39 is 0 Å².